The Morgan fingerprint density at radius 2 is 1.79 bits per heavy atom. The maximum absolute atomic E-state index is 11.6. The van der Waals surface area contributed by atoms with E-state index in [2.05, 4.69) is 17.6 Å². The van der Waals surface area contributed by atoms with Gasteiger partial charge in [0.05, 0.1) is 5.92 Å². The lowest BCUT2D eigenvalue weighted by atomic mass is 9.82. The Labute approximate surface area is 114 Å². The van der Waals surface area contributed by atoms with Crippen LogP contribution in [0, 0.1) is 17.3 Å². The van der Waals surface area contributed by atoms with E-state index in [9.17, 15) is 9.59 Å². The number of amides is 2. The Morgan fingerprint density at radius 3 is 2.32 bits per heavy atom. The minimum Gasteiger partial charge on any atom is -0.481 e. The Hall–Kier alpha value is -1.26. The lowest BCUT2D eigenvalue weighted by molar-refractivity contribution is -0.143. The average Bonchev–Trinajstić information content (AvgIpc) is 3.13. The molecular weight excluding hydrogens is 244 g/mol. The fraction of sp³-hybridized carbons (Fsp3) is 0.857. The van der Waals surface area contributed by atoms with Crippen LogP contribution in [0.15, 0.2) is 0 Å². The van der Waals surface area contributed by atoms with Gasteiger partial charge in [0.1, 0.15) is 0 Å². The molecule has 2 rings (SSSR count). The van der Waals surface area contributed by atoms with Gasteiger partial charge in [-0.3, -0.25) is 4.79 Å². The van der Waals surface area contributed by atoms with Crippen molar-refractivity contribution in [2.45, 2.75) is 45.4 Å². The van der Waals surface area contributed by atoms with E-state index in [4.69, 9.17) is 5.11 Å². The lowest BCUT2D eigenvalue weighted by Crippen LogP contribution is -2.41. The van der Waals surface area contributed by atoms with Gasteiger partial charge in [0, 0.05) is 13.1 Å². The Bertz CT molecular complexity index is 345. The van der Waals surface area contributed by atoms with Crippen molar-refractivity contribution in [3.8, 4) is 0 Å². The molecule has 0 aromatic heterocycles. The molecular formula is C14H24N2O3. The Morgan fingerprint density at radius 1 is 1.16 bits per heavy atom. The summed E-state index contributed by atoms with van der Waals surface area (Å²) in [6, 6.07) is -0.0894. The quantitative estimate of drug-likeness (QED) is 0.713. The number of hydrogen-bond acceptors (Lipinski definition) is 2. The number of carboxylic acid groups (broad SMARTS) is 1. The fourth-order valence-corrected chi connectivity index (χ4v) is 2.60. The van der Waals surface area contributed by atoms with Crippen molar-refractivity contribution in [1.29, 1.82) is 0 Å². The average molecular weight is 268 g/mol. The monoisotopic (exact) mass is 268 g/mol. The van der Waals surface area contributed by atoms with E-state index in [0.29, 0.717) is 17.9 Å². The van der Waals surface area contributed by atoms with Crippen LogP contribution in [0.1, 0.15) is 45.4 Å². The van der Waals surface area contributed by atoms with E-state index in [-0.39, 0.29) is 11.9 Å². The molecule has 0 aromatic carbocycles. The van der Waals surface area contributed by atoms with E-state index in [0.717, 1.165) is 32.2 Å². The van der Waals surface area contributed by atoms with Crippen molar-refractivity contribution >= 4 is 12.0 Å². The summed E-state index contributed by atoms with van der Waals surface area (Å²) >= 11 is 0. The van der Waals surface area contributed by atoms with Gasteiger partial charge in [-0.05, 0) is 49.9 Å². The van der Waals surface area contributed by atoms with Crippen molar-refractivity contribution in [2.24, 2.45) is 17.3 Å². The molecule has 0 spiro atoms. The fourth-order valence-electron chi connectivity index (χ4n) is 2.60. The first-order valence-corrected chi connectivity index (χ1v) is 7.23. The molecule has 0 aliphatic heterocycles. The molecule has 5 heteroatoms. The normalized spacial score (nSPS) is 28.5. The van der Waals surface area contributed by atoms with Crippen molar-refractivity contribution in [3.63, 3.8) is 0 Å². The molecule has 3 N–H and O–H groups in total. The molecule has 108 valence electrons. The van der Waals surface area contributed by atoms with Gasteiger partial charge < -0.3 is 15.7 Å². The van der Waals surface area contributed by atoms with E-state index in [1.807, 2.05) is 0 Å². The predicted octanol–water partition coefficient (Wildman–Crippen LogP) is 1.98. The van der Waals surface area contributed by atoms with Crippen molar-refractivity contribution in [1.82, 2.24) is 10.6 Å². The van der Waals surface area contributed by atoms with Crippen LogP contribution in [0.4, 0.5) is 4.79 Å². The first kappa shape index (κ1) is 14.2. The molecule has 0 unspecified atom stereocenters. The Balaban J connectivity index is 1.58. The van der Waals surface area contributed by atoms with Crippen LogP contribution in [0.25, 0.3) is 0 Å². The standard InChI is InChI=1S/C14H24N2O3/c1-14(6-7-14)9-16-13(19)15-8-10-2-4-11(5-3-10)12(17)18/h10-11H,2-9H2,1H3,(H,17,18)(H2,15,16,19). The van der Waals surface area contributed by atoms with Crippen molar-refractivity contribution < 1.29 is 14.7 Å². The number of carboxylic acids is 1. The SMILES string of the molecule is CC1(CNC(=O)NCC2CCC(C(=O)O)CC2)CC1. The third-order valence-corrected chi connectivity index (χ3v) is 4.53. The van der Waals surface area contributed by atoms with E-state index in [1.165, 1.54) is 12.8 Å². The third-order valence-electron chi connectivity index (χ3n) is 4.53. The number of urea groups is 1. The maximum atomic E-state index is 11.6. The smallest absolute Gasteiger partial charge is 0.314 e. The number of rotatable bonds is 5. The molecule has 19 heavy (non-hydrogen) atoms. The minimum atomic E-state index is -0.679. The van der Waals surface area contributed by atoms with Crippen LogP contribution in [-0.2, 0) is 4.79 Å². The van der Waals surface area contributed by atoms with Gasteiger partial charge in [-0.25, -0.2) is 4.79 Å². The molecule has 2 saturated carbocycles. The van der Waals surface area contributed by atoms with Gasteiger partial charge in [0.2, 0.25) is 0 Å². The highest BCUT2D eigenvalue weighted by Gasteiger charge is 2.37. The van der Waals surface area contributed by atoms with Gasteiger partial charge in [0.25, 0.3) is 0 Å². The molecule has 2 amide bonds. The molecule has 0 aromatic rings. The van der Waals surface area contributed by atoms with Crippen LogP contribution >= 0.6 is 0 Å². The second kappa shape index (κ2) is 5.80. The molecule has 0 atom stereocenters. The molecule has 0 heterocycles. The second-order valence-corrected chi connectivity index (χ2v) is 6.43. The molecule has 5 nitrogen and oxygen atoms in total. The molecule has 0 radical (unpaired) electrons. The van der Waals surface area contributed by atoms with Crippen LogP contribution in [0.3, 0.4) is 0 Å². The van der Waals surface area contributed by atoms with Crippen LogP contribution in [0.5, 0.6) is 0 Å². The molecule has 2 aliphatic carbocycles. The van der Waals surface area contributed by atoms with Gasteiger partial charge in [-0.1, -0.05) is 6.92 Å². The minimum absolute atomic E-state index is 0.0894. The highest BCUT2D eigenvalue weighted by molar-refractivity contribution is 5.74. The van der Waals surface area contributed by atoms with E-state index < -0.39 is 5.97 Å². The summed E-state index contributed by atoms with van der Waals surface area (Å²) < 4.78 is 0. The van der Waals surface area contributed by atoms with Gasteiger partial charge in [-0.2, -0.15) is 0 Å². The zero-order chi connectivity index (χ0) is 13.9. The summed E-state index contributed by atoms with van der Waals surface area (Å²) in [5, 5.41) is 14.7. The Kier molecular flexibility index (Phi) is 4.32. The topological polar surface area (TPSA) is 78.4 Å². The first-order valence-electron chi connectivity index (χ1n) is 7.23. The zero-order valence-corrected chi connectivity index (χ0v) is 11.6. The van der Waals surface area contributed by atoms with Crippen LogP contribution < -0.4 is 10.6 Å². The molecule has 0 saturated heterocycles. The summed E-state index contributed by atoms with van der Waals surface area (Å²) in [4.78, 5) is 22.4. The van der Waals surface area contributed by atoms with E-state index in [1.54, 1.807) is 0 Å². The third kappa shape index (κ3) is 4.40. The van der Waals surface area contributed by atoms with Gasteiger partial charge in [-0.15, -0.1) is 0 Å². The highest BCUT2D eigenvalue weighted by Crippen LogP contribution is 2.43. The number of carbonyl (C=O) groups excluding carboxylic acids is 1. The molecule has 0 bridgehead atoms. The number of aliphatic carboxylic acids is 1. The maximum Gasteiger partial charge on any atom is 0.314 e. The van der Waals surface area contributed by atoms with Crippen LogP contribution in [0.2, 0.25) is 0 Å². The summed E-state index contributed by atoms with van der Waals surface area (Å²) in [5.74, 6) is -0.431. The molecule has 2 fully saturated rings. The number of nitrogens with one attached hydrogen (secondary N) is 2. The van der Waals surface area contributed by atoms with Crippen molar-refractivity contribution in [2.75, 3.05) is 13.1 Å². The highest BCUT2D eigenvalue weighted by atomic mass is 16.4. The first-order chi connectivity index (χ1) is 8.98. The second-order valence-electron chi connectivity index (χ2n) is 6.43. The zero-order valence-electron chi connectivity index (χ0n) is 11.6. The number of hydrogen-bond donors (Lipinski definition) is 3. The summed E-state index contributed by atoms with van der Waals surface area (Å²) in [5.41, 5.74) is 0.330. The lowest BCUT2D eigenvalue weighted by Gasteiger charge is -2.26. The predicted molar refractivity (Wildman–Crippen MR) is 71.8 cm³/mol. The van der Waals surface area contributed by atoms with E-state index >= 15 is 0 Å². The number of carbonyl (C=O) groups is 2. The molecule has 2 aliphatic rings. The summed E-state index contributed by atoms with van der Waals surface area (Å²) in [6.07, 6.45) is 5.67. The van der Waals surface area contributed by atoms with Gasteiger partial charge >= 0.3 is 12.0 Å². The van der Waals surface area contributed by atoms with Crippen molar-refractivity contribution in [3.05, 3.63) is 0 Å². The summed E-state index contributed by atoms with van der Waals surface area (Å²) in [7, 11) is 0. The summed E-state index contributed by atoms with van der Waals surface area (Å²) in [6.45, 7) is 3.60. The van der Waals surface area contributed by atoms with Gasteiger partial charge in [0.15, 0.2) is 0 Å². The van der Waals surface area contributed by atoms with Crippen LogP contribution in [-0.4, -0.2) is 30.2 Å². The largest absolute Gasteiger partial charge is 0.481 e.